The molecule has 0 aromatic heterocycles. The highest BCUT2D eigenvalue weighted by Gasteiger charge is 2.46. The van der Waals surface area contributed by atoms with Crippen molar-refractivity contribution < 1.29 is 38.4 Å². The number of aliphatic hydroxyl groups is 1. The minimum atomic E-state index is -0.865. The van der Waals surface area contributed by atoms with Crippen LogP contribution in [0.25, 0.3) is 5.76 Å². The molecule has 9 heteroatoms. The molecular formula is C29H29NO8. The SMILES string of the molecule is COc1ccc(OCCN2C(=O)C(=O)/C(=C(/O)c3cc(OC)ccc3OC)C2c2ccc(OC)cc2)cc1. The summed E-state index contributed by atoms with van der Waals surface area (Å²) >= 11 is 0. The first-order valence-corrected chi connectivity index (χ1v) is 11.8. The van der Waals surface area contributed by atoms with E-state index < -0.39 is 17.7 Å². The molecule has 1 atom stereocenters. The van der Waals surface area contributed by atoms with E-state index in [1.807, 2.05) is 0 Å². The van der Waals surface area contributed by atoms with E-state index in [-0.39, 0.29) is 30.0 Å². The maximum Gasteiger partial charge on any atom is 0.295 e. The quantitative estimate of drug-likeness (QED) is 0.241. The number of methoxy groups -OCH3 is 4. The zero-order valence-electron chi connectivity index (χ0n) is 21.6. The predicted octanol–water partition coefficient (Wildman–Crippen LogP) is 4.22. The summed E-state index contributed by atoms with van der Waals surface area (Å²) in [5.74, 6) is 0.757. The van der Waals surface area contributed by atoms with Crippen molar-refractivity contribution in [2.75, 3.05) is 41.6 Å². The van der Waals surface area contributed by atoms with Crippen LogP contribution in [0.15, 0.2) is 72.3 Å². The maximum absolute atomic E-state index is 13.3. The number of amides is 1. The highest BCUT2D eigenvalue weighted by molar-refractivity contribution is 6.46. The number of rotatable bonds is 10. The van der Waals surface area contributed by atoms with Crippen LogP contribution in [0, 0.1) is 0 Å². The van der Waals surface area contributed by atoms with Crippen LogP contribution in [0.1, 0.15) is 17.2 Å². The number of ether oxygens (including phenoxy) is 5. The topological polar surface area (TPSA) is 104 Å². The number of aliphatic hydroxyl groups excluding tert-OH is 1. The van der Waals surface area contributed by atoms with Gasteiger partial charge in [-0.3, -0.25) is 9.59 Å². The number of nitrogens with zero attached hydrogens (tertiary/aromatic N) is 1. The molecule has 0 spiro atoms. The standard InChI is InChI=1S/C29H29NO8/c1-34-19-7-5-18(6-8-19)26-25(27(31)23-17-22(36-3)13-14-24(23)37-4)28(32)29(33)30(26)15-16-38-21-11-9-20(35-2)10-12-21/h5-14,17,26,31H,15-16H2,1-4H3/b27-25+. The van der Waals surface area contributed by atoms with Crippen LogP contribution in [-0.4, -0.2) is 63.3 Å². The van der Waals surface area contributed by atoms with Gasteiger partial charge in [0.2, 0.25) is 0 Å². The van der Waals surface area contributed by atoms with Crippen molar-refractivity contribution in [1.29, 1.82) is 0 Å². The van der Waals surface area contributed by atoms with Crippen molar-refractivity contribution in [2.45, 2.75) is 6.04 Å². The number of hydrogen-bond acceptors (Lipinski definition) is 8. The third-order valence-electron chi connectivity index (χ3n) is 6.29. The Hall–Kier alpha value is -4.66. The fourth-order valence-electron chi connectivity index (χ4n) is 4.32. The first kappa shape index (κ1) is 26.4. The summed E-state index contributed by atoms with van der Waals surface area (Å²) in [7, 11) is 6.07. The van der Waals surface area contributed by atoms with Crippen molar-refractivity contribution in [3.8, 4) is 28.7 Å². The van der Waals surface area contributed by atoms with Gasteiger partial charge in [-0.2, -0.15) is 0 Å². The third-order valence-corrected chi connectivity index (χ3v) is 6.29. The molecule has 0 radical (unpaired) electrons. The molecule has 4 rings (SSSR count). The second-order valence-corrected chi connectivity index (χ2v) is 8.36. The van der Waals surface area contributed by atoms with Crippen LogP contribution in [0.4, 0.5) is 0 Å². The minimum Gasteiger partial charge on any atom is -0.507 e. The Kier molecular flexibility index (Phi) is 8.06. The Bertz CT molecular complexity index is 1330. The average molecular weight is 520 g/mol. The summed E-state index contributed by atoms with van der Waals surface area (Å²) in [6.07, 6.45) is 0. The van der Waals surface area contributed by atoms with Crippen molar-refractivity contribution in [3.05, 3.63) is 83.4 Å². The van der Waals surface area contributed by atoms with Crippen molar-refractivity contribution in [1.82, 2.24) is 4.90 Å². The van der Waals surface area contributed by atoms with Gasteiger partial charge in [0.25, 0.3) is 11.7 Å². The smallest absolute Gasteiger partial charge is 0.295 e. The molecule has 1 fully saturated rings. The largest absolute Gasteiger partial charge is 0.507 e. The molecule has 3 aromatic rings. The van der Waals surface area contributed by atoms with Crippen molar-refractivity contribution in [2.24, 2.45) is 0 Å². The fourth-order valence-corrected chi connectivity index (χ4v) is 4.32. The van der Waals surface area contributed by atoms with Crippen LogP contribution in [0.5, 0.6) is 28.7 Å². The molecule has 9 nitrogen and oxygen atoms in total. The van der Waals surface area contributed by atoms with E-state index >= 15 is 0 Å². The number of likely N-dealkylation sites (tertiary alicyclic amines) is 1. The number of hydrogen-bond donors (Lipinski definition) is 1. The number of carbonyl (C=O) groups excluding carboxylic acids is 2. The van der Waals surface area contributed by atoms with Crippen LogP contribution in [0.3, 0.4) is 0 Å². The van der Waals surface area contributed by atoms with Gasteiger partial charge in [0.15, 0.2) is 0 Å². The average Bonchev–Trinajstić information content (AvgIpc) is 3.21. The predicted molar refractivity (Wildman–Crippen MR) is 140 cm³/mol. The summed E-state index contributed by atoms with van der Waals surface area (Å²) in [4.78, 5) is 28.0. The zero-order valence-corrected chi connectivity index (χ0v) is 21.6. The molecule has 3 aromatic carbocycles. The molecule has 1 unspecified atom stereocenters. The molecule has 1 amide bonds. The van der Waals surface area contributed by atoms with E-state index in [0.29, 0.717) is 34.3 Å². The molecular weight excluding hydrogens is 490 g/mol. The van der Waals surface area contributed by atoms with E-state index in [1.54, 1.807) is 80.9 Å². The number of carbonyl (C=O) groups is 2. The van der Waals surface area contributed by atoms with E-state index in [1.165, 1.54) is 19.1 Å². The molecule has 1 aliphatic heterocycles. The molecule has 0 aliphatic carbocycles. The Morgan fingerprint density at radius 1 is 0.763 bits per heavy atom. The third kappa shape index (κ3) is 5.22. The lowest BCUT2D eigenvalue weighted by Crippen LogP contribution is -2.33. The van der Waals surface area contributed by atoms with E-state index in [2.05, 4.69) is 0 Å². The van der Waals surface area contributed by atoms with Gasteiger partial charge in [0, 0.05) is 0 Å². The first-order valence-electron chi connectivity index (χ1n) is 11.8. The van der Waals surface area contributed by atoms with Crippen LogP contribution in [-0.2, 0) is 9.59 Å². The lowest BCUT2D eigenvalue weighted by Gasteiger charge is -2.25. The normalized spacial score (nSPS) is 16.3. The van der Waals surface area contributed by atoms with Gasteiger partial charge in [-0.15, -0.1) is 0 Å². The van der Waals surface area contributed by atoms with Gasteiger partial charge in [-0.05, 0) is 60.2 Å². The van der Waals surface area contributed by atoms with Gasteiger partial charge in [-0.25, -0.2) is 0 Å². The van der Waals surface area contributed by atoms with Gasteiger partial charge in [-0.1, -0.05) is 12.1 Å². The highest BCUT2D eigenvalue weighted by atomic mass is 16.5. The van der Waals surface area contributed by atoms with Crippen molar-refractivity contribution >= 4 is 17.4 Å². The van der Waals surface area contributed by atoms with Gasteiger partial charge in [0.1, 0.15) is 41.1 Å². The monoisotopic (exact) mass is 519 g/mol. The van der Waals surface area contributed by atoms with Gasteiger partial charge < -0.3 is 33.7 Å². The van der Waals surface area contributed by atoms with Crippen LogP contribution < -0.4 is 23.7 Å². The Morgan fingerprint density at radius 3 is 1.89 bits per heavy atom. The highest BCUT2D eigenvalue weighted by Crippen LogP contribution is 2.41. The second-order valence-electron chi connectivity index (χ2n) is 8.36. The Balaban J connectivity index is 1.73. The molecule has 198 valence electrons. The zero-order chi connectivity index (χ0) is 27.2. The fraction of sp³-hybridized carbons (Fsp3) is 0.241. The number of Topliss-reactive ketones (excluding diaryl/α,β-unsaturated/α-hetero) is 1. The van der Waals surface area contributed by atoms with E-state index in [0.717, 1.165) is 0 Å². The molecule has 38 heavy (non-hydrogen) atoms. The van der Waals surface area contributed by atoms with Crippen LogP contribution >= 0.6 is 0 Å². The molecule has 1 N–H and O–H groups in total. The molecule has 1 heterocycles. The number of ketones is 1. The summed E-state index contributed by atoms with van der Waals surface area (Å²) in [5.41, 5.74) is 0.798. The van der Waals surface area contributed by atoms with Crippen molar-refractivity contribution in [3.63, 3.8) is 0 Å². The molecule has 0 saturated carbocycles. The second kappa shape index (κ2) is 11.6. The lowest BCUT2D eigenvalue weighted by atomic mass is 9.95. The van der Waals surface area contributed by atoms with E-state index in [9.17, 15) is 14.7 Å². The van der Waals surface area contributed by atoms with Crippen LogP contribution in [0.2, 0.25) is 0 Å². The molecule has 1 aliphatic rings. The molecule has 0 bridgehead atoms. The molecule has 1 saturated heterocycles. The van der Waals surface area contributed by atoms with Gasteiger partial charge >= 0.3 is 0 Å². The summed E-state index contributed by atoms with van der Waals surface area (Å²) in [6.45, 7) is 0.216. The Morgan fingerprint density at radius 2 is 1.32 bits per heavy atom. The summed E-state index contributed by atoms with van der Waals surface area (Å²) < 4.78 is 27.0. The Labute approximate surface area is 220 Å². The summed E-state index contributed by atoms with van der Waals surface area (Å²) in [6, 6.07) is 18.0. The number of benzene rings is 3. The van der Waals surface area contributed by atoms with Gasteiger partial charge in [0.05, 0.1) is 52.2 Å². The first-order chi connectivity index (χ1) is 18.4. The van der Waals surface area contributed by atoms with E-state index in [4.69, 9.17) is 23.7 Å². The maximum atomic E-state index is 13.3. The lowest BCUT2D eigenvalue weighted by molar-refractivity contribution is -0.140. The summed E-state index contributed by atoms with van der Waals surface area (Å²) in [5, 5.41) is 11.4. The minimum absolute atomic E-state index is 0.0591.